The normalized spacial score (nSPS) is 20.4. The molecule has 1 saturated heterocycles. The van der Waals surface area contributed by atoms with Crippen LogP contribution in [0.3, 0.4) is 0 Å². The van der Waals surface area contributed by atoms with Gasteiger partial charge in [-0.1, -0.05) is 18.2 Å². The molecule has 0 aliphatic carbocycles. The van der Waals surface area contributed by atoms with Crippen LogP contribution in [0.5, 0.6) is 0 Å². The monoisotopic (exact) mass is 302 g/mol. The zero-order chi connectivity index (χ0) is 15.5. The summed E-state index contributed by atoms with van der Waals surface area (Å²) >= 11 is 0. The lowest BCUT2D eigenvalue weighted by atomic mass is 10.0. The number of hydrogen-bond donors (Lipinski definition) is 1. The Morgan fingerprint density at radius 1 is 1.43 bits per heavy atom. The summed E-state index contributed by atoms with van der Waals surface area (Å²) in [5.74, 6) is -0.422. The van der Waals surface area contributed by atoms with Crippen molar-refractivity contribution in [2.75, 3.05) is 26.2 Å². The van der Waals surface area contributed by atoms with Crippen molar-refractivity contribution >= 4 is 5.91 Å². The first kappa shape index (κ1) is 15.8. The molecule has 1 heterocycles. The number of rotatable bonds is 4. The van der Waals surface area contributed by atoms with E-state index in [1.807, 2.05) is 4.90 Å². The number of hydrogen-bond acceptors (Lipinski definition) is 3. The van der Waals surface area contributed by atoms with Gasteiger partial charge in [0.05, 0.1) is 24.8 Å². The molecule has 1 fully saturated rings. The van der Waals surface area contributed by atoms with Gasteiger partial charge in [-0.05, 0) is 18.1 Å². The molecule has 1 aliphatic rings. The molecule has 4 nitrogen and oxygen atoms in total. The molecule has 1 amide bonds. The summed E-state index contributed by atoms with van der Waals surface area (Å²) in [6.45, 7) is 1.67. The lowest BCUT2D eigenvalue weighted by molar-refractivity contribution is -0.137. The number of amides is 1. The molecule has 0 radical (unpaired) electrons. The van der Waals surface area contributed by atoms with Gasteiger partial charge in [0.1, 0.15) is 0 Å². The number of halogens is 3. The first-order valence-electron chi connectivity index (χ1n) is 6.63. The van der Waals surface area contributed by atoms with Crippen LogP contribution in [-0.4, -0.2) is 43.2 Å². The third kappa shape index (κ3) is 4.71. The standard InChI is InChI=1S/C14H17F3N2O2/c15-14(16,17)11-3-1-2-10(6-11)7-12-8-19(4-5-21-12)9-13(18)20/h1-3,6,12H,4-5,7-9H2,(H2,18,20)/t12-/m0/s1. The molecular formula is C14H17F3N2O2. The molecule has 116 valence electrons. The second kappa shape index (κ2) is 6.44. The molecule has 0 bridgehead atoms. The summed E-state index contributed by atoms with van der Waals surface area (Å²) in [7, 11) is 0. The van der Waals surface area contributed by atoms with E-state index in [0.29, 0.717) is 31.7 Å². The second-order valence-electron chi connectivity index (χ2n) is 5.10. The lowest BCUT2D eigenvalue weighted by Gasteiger charge is -2.32. The summed E-state index contributed by atoms with van der Waals surface area (Å²) < 4.78 is 43.5. The van der Waals surface area contributed by atoms with Crippen molar-refractivity contribution in [1.82, 2.24) is 4.90 Å². The van der Waals surface area contributed by atoms with E-state index in [0.717, 1.165) is 12.1 Å². The molecule has 21 heavy (non-hydrogen) atoms. The molecule has 0 aromatic heterocycles. The van der Waals surface area contributed by atoms with Gasteiger partial charge in [-0.15, -0.1) is 0 Å². The first-order chi connectivity index (χ1) is 9.84. The number of morpholine rings is 1. The number of alkyl halides is 3. The highest BCUT2D eigenvalue weighted by atomic mass is 19.4. The Balaban J connectivity index is 1.99. The molecule has 0 spiro atoms. The highest BCUT2D eigenvalue weighted by Gasteiger charge is 2.30. The van der Waals surface area contributed by atoms with E-state index >= 15 is 0 Å². The van der Waals surface area contributed by atoms with E-state index in [2.05, 4.69) is 0 Å². The summed E-state index contributed by atoms with van der Waals surface area (Å²) in [6, 6.07) is 5.22. The van der Waals surface area contributed by atoms with Crippen LogP contribution in [0.15, 0.2) is 24.3 Å². The Bertz CT molecular complexity index is 505. The zero-order valence-corrected chi connectivity index (χ0v) is 11.4. The predicted molar refractivity (Wildman–Crippen MR) is 70.5 cm³/mol. The topological polar surface area (TPSA) is 55.6 Å². The fourth-order valence-electron chi connectivity index (χ4n) is 2.41. The molecule has 7 heteroatoms. The average Bonchev–Trinajstić information content (AvgIpc) is 2.37. The molecule has 2 N–H and O–H groups in total. The van der Waals surface area contributed by atoms with E-state index in [-0.39, 0.29) is 12.6 Å². The van der Waals surface area contributed by atoms with Crippen molar-refractivity contribution < 1.29 is 22.7 Å². The molecule has 0 saturated carbocycles. The highest BCUT2D eigenvalue weighted by Crippen LogP contribution is 2.29. The van der Waals surface area contributed by atoms with Crippen LogP contribution in [-0.2, 0) is 22.1 Å². The van der Waals surface area contributed by atoms with Crippen molar-refractivity contribution in [1.29, 1.82) is 0 Å². The molecule has 1 aromatic carbocycles. The van der Waals surface area contributed by atoms with Gasteiger partial charge in [0, 0.05) is 13.1 Å². The second-order valence-corrected chi connectivity index (χ2v) is 5.10. The van der Waals surface area contributed by atoms with Crippen LogP contribution in [0, 0.1) is 0 Å². The third-order valence-corrected chi connectivity index (χ3v) is 3.32. The Labute approximate surface area is 120 Å². The van der Waals surface area contributed by atoms with E-state index in [1.165, 1.54) is 6.07 Å². The van der Waals surface area contributed by atoms with E-state index < -0.39 is 17.6 Å². The largest absolute Gasteiger partial charge is 0.416 e. The fourth-order valence-corrected chi connectivity index (χ4v) is 2.41. The van der Waals surface area contributed by atoms with Crippen LogP contribution in [0.1, 0.15) is 11.1 Å². The van der Waals surface area contributed by atoms with Crippen LogP contribution in [0.25, 0.3) is 0 Å². The maximum Gasteiger partial charge on any atom is 0.416 e. The average molecular weight is 302 g/mol. The Kier molecular flexibility index (Phi) is 4.84. The smallest absolute Gasteiger partial charge is 0.375 e. The van der Waals surface area contributed by atoms with Gasteiger partial charge >= 0.3 is 6.18 Å². The summed E-state index contributed by atoms with van der Waals surface area (Å²) in [6.07, 6.45) is -4.21. The van der Waals surface area contributed by atoms with Gasteiger partial charge in [0.2, 0.25) is 5.91 Å². The number of benzene rings is 1. The predicted octanol–water partition coefficient (Wildman–Crippen LogP) is 1.43. The Morgan fingerprint density at radius 3 is 2.86 bits per heavy atom. The molecular weight excluding hydrogens is 285 g/mol. The van der Waals surface area contributed by atoms with E-state index in [1.54, 1.807) is 6.07 Å². The van der Waals surface area contributed by atoms with Crippen molar-refractivity contribution in [2.45, 2.75) is 18.7 Å². The lowest BCUT2D eigenvalue weighted by Crippen LogP contribution is -2.46. The van der Waals surface area contributed by atoms with Crippen molar-refractivity contribution in [3.8, 4) is 0 Å². The Hall–Kier alpha value is -1.60. The van der Waals surface area contributed by atoms with Crippen LogP contribution < -0.4 is 5.73 Å². The van der Waals surface area contributed by atoms with Crippen LogP contribution >= 0.6 is 0 Å². The molecule has 0 unspecified atom stereocenters. The Morgan fingerprint density at radius 2 is 2.19 bits per heavy atom. The quantitative estimate of drug-likeness (QED) is 0.915. The maximum atomic E-state index is 12.7. The van der Waals surface area contributed by atoms with Crippen molar-refractivity contribution in [2.24, 2.45) is 5.73 Å². The number of nitrogens with zero attached hydrogens (tertiary/aromatic N) is 1. The highest BCUT2D eigenvalue weighted by molar-refractivity contribution is 5.75. The van der Waals surface area contributed by atoms with Gasteiger partial charge in [-0.25, -0.2) is 0 Å². The zero-order valence-electron chi connectivity index (χ0n) is 11.4. The SMILES string of the molecule is NC(=O)CN1CCO[C@@H](Cc2cccc(C(F)(F)F)c2)C1. The van der Waals surface area contributed by atoms with E-state index in [9.17, 15) is 18.0 Å². The first-order valence-corrected chi connectivity index (χ1v) is 6.63. The summed E-state index contributed by atoms with van der Waals surface area (Å²) in [4.78, 5) is 12.8. The summed E-state index contributed by atoms with van der Waals surface area (Å²) in [5, 5.41) is 0. The van der Waals surface area contributed by atoms with Gasteiger partial charge in [-0.2, -0.15) is 13.2 Å². The molecule has 1 aliphatic heterocycles. The van der Waals surface area contributed by atoms with Gasteiger partial charge < -0.3 is 10.5 Å². The van der Waals surface area contributed by atoms with Gasteiger partial charge in [0.25, 0.3) is 0 Å². The maximum absolute atomic E-state index is 12.7. The fraction of sp³-hybridized carbons (Fsp3) is 0.500. The van der Waals surface area contributed by atoms with Gasteiger partial charge in [0.15, 0.2) is 0 Å². The van der Waals surface area contributed by atoms with Gasteiger partial charge in [-0.3, -0.25) is 9.69 Å². The summed E-state index contributed by atoms with van der Waals surface area (Å²) in [5.41, 5.74) is 5.05. The molecule has 1 aromatic rings. The number of carbonyl (C=O) groups excluding carboxylic acids is 1. The number of carbonyl (C=O) groups is 1. The minimum absolute atomic E-state index is 0.141. The number of primary amides is 1. The van der Waals surface area contributed by atoms with Crippen molar-refractivity contribution in [3.63, 3.8) is 0 Å². The van der Waals surface area contributed by atoms with Crippen LogP contribution in [0.4, 0.5) is 13.2 Å². The van der Waals surface area contributed by atoms with Crippen molar-refractivity contribution in [3.05, 3.63) is 35.4 Å². The third-order valence-electron chi connectivity index (χ3n) is 3.32. The minimum Gasteiger partial charge on any atom is -0.375 e. The molecule has 1 atom stereocenters. The number of nitrogens with two attached hydrogens (primary N) is 1. The van der Waals surface area contributed by atoms with Crippen LogP contribution in [0.2, 0.25) is 0 Å². The minimum atomic E-state index is -4.35. The molecule has 2 rings (SSSR count). The number of ether oxygens (including phenoxy) is 1. The van der Waals surface area contributed by atoms with E-state index in [4.69, 9.17) is 10.5 Å².